The van der Waals surface area contributed by atoms with Crippen LogP contribution in [0.2, 0.25) is 0 Å². The number of Topliss-reactive ketones (excluding diaryl/α,β-unsaturated/α-hetero) is 2. The molecule has 0 unspecified atom stereocenters. The number of unbranched alkanes of at least 4 members (excludes halogenated alkanes) is 1. The van der Waals surface area contributed by atoms with E-state index >= 15 is 0 Å². The fourth-order valence-corrected chi connectivity index (χ4v) is 6.85. The van der Waals surface area contributed by atoms with Crippen molar-refractivity contribution in [1.82, 2.24) is 15.4 Å². The van der Waals surface area contributed by atoms with E-state index in [0.717, 1.165) is 38.5 Å². The summed E-state index contributed by atoms with van der Waals surface area (Å²) < 4.78 is 29.4. The molecule has 0 bridgehead atoms. The second-order valence-electron chi connectivity index (χ2n) is 10.5. The van der Waals surface area contributed by atoms with Crippen molar-refractivity contribution >= 4 is 39.1 Å². The SMILES string of the molecule is CCCC[C@H](NC(=O)C1(NS(=O)(=O)c2ccc(C(C)=O)cc2N)CCCCC1)C(=O)C(=O)NC1CCCC1. The average molecular weight is 549 g/mol. The predicted molar refractivity (Wildman–Crippen MR) is 144 cm³/mol. The molecule has 1 atom stereocenters. The van der Waals surface area contributed by atoms with Gasteiger partial charge in [-0.2, -0.15) is 4.72 Å². The van der Waals surface area contributed by atoms with E-state index in [1.54, 1.807) is 0 Å². The Labute approximate surface area is 224 Å². The third kappa shape index (κ3) is 7.19. The first-order valence-electron chi connectivity index (χ1n) is 13.6. The van der Waals surface area contributed by atoms with Crippen LogP contribution in [-0.4, -0.2) is 49.4 Å². The van der Waals surface area contributed by atoms with E-state index in [2.05, 4.69) is 15.4 Å². The van der Waals surface area contributed by atoms with Gasteiger partial charge in [-0.15, -0.1) is 0 Å². The summed E-state index contributed by atoms with van der Waals surface area (Å²) in [5.74, 6) is -2.30. The minimum Gasteiger partial charge on any atom is -0.398 e. The first kappa shape index (κ1) is 29.8. The quantitative estimate of drug-likeness (QED) is 0.177. The first-order chi connectivity index (χ1) is 18.0. The van der Waals surface area contributed by atoms with Gasteiger partial charge in [0.2, 0.25) is 21.7 Å². The maximum atomic E-state index is 13.7. The molecule has 0 aromatic heterocycles. The Bertz CT molecular complexity index is 1150. The van der Waals surface area contributed by atoms with Gasteiger partial charge >= 0.3 is 0 Å². The van der Waals surface area contributed by atoms with Gasteiger partial charge in [0.15, 0.2) is 5.78 Å². The average Bonchev–Trinajstić information content (AvgIpc) is 3.39. The normalized spacial score (nSPS) is 18.5. The van der Waals surface area contributed by atoms with Crippen molar-refractivity contribution < 1.29 is 27.6 Å². The van der Waals surface area contributed by atoms with Crippen LogP contribution in [0.1, 0.15) is 101 Å². The van der Waals surface area contributed by atoms with Crippen molar-refractivity contribution in [2.45, 2.75) is 113 Å². The fraction of sp³-hybridized carbons (Fsp3) is 0.630. The molecular formula is C27H40N4O6S. The molecule has 2 fully saturated rings. The molecule has 0 spiro atoms. The summed E-state index contributed by atoms with van der Waals surface area (Å²) in [5, 5.41) is 5.52. The van der Waals surface area contributed by atoms with E-state index in [4.69, 9.17) is 5.73 Å². The van der Waals surface area contributed by atoms with Crippen LogP contribution in [0.4, 0.5) is 5.69 Å². The molecule has 2 saturated carbocycles. The number of sulfonamides is 1. The smallest absolute Gasteiger partial charge is 0.289 e. The number of nitrogen functional groups attached to an aromatic ring is 1. The molecule has 1 aromatic rings. The highest BCUT2D eigenvalue weighted by atomic mass is 32.2. The summed E-state index contributed by atoms with van der Waals surface area (Å²) in [6.07, 6.45) is 7.87. The number of nitrogens with two attached hydrogens (primary N) is 1. The lowest BCUT2D eigenvalue weighted by atomic mass is 9.81. The molecule has 0 heterocycles. The molecule has 38 heavy (non-hydrogen) atoms. The van der Waals surface area contributed by atoms with Gasteiger partial charge in [-0.1, -0.05) is 51.9 Å². The summed E-state index contributed by atoms with van der Waals surface area (Å²) >= 11 is 0. The molecule has 11 heteroatoms. The van der Waals surface area contributed by atoms with Crippen molar-refractivity contribution in [2.75, 3.05) is 5.73 Å². The lowest BCUT2D eigenvalue weighted by Crippen LogP contribution is -2.62. The lowest BCUT2D eigenvalue weighted by molar-refractivity contribution is -0.141. The highest BCUT2D eigenvalue weighted by Gasteiger charge is 2.45. The lowest BCUT2D eigenvalue weighted by Gasteiger charge is -2.37. The van der Waals surface area contributed by atoms with Gasteiger partial charge in [0, 0.05) is 11.6 Å². The Hall–Kier alpha value is -2.79. The summed E-state index contributed by atoms with van der Waals surface area (Å²) in [4.78, 5) is 50.9. The number of benzene rings is 1. The zero-order valence-electron chi connectivity index (χ0n) is 22.3. The maximum absolute atomic E-state index is 13.7. The van der Waals surface area contributed by atoms with Crippen molar-refractivity contribution in [3.63, 3.8) is 0 Å². The van der Waals surface area contributed by atoms with Crippen LogP contribution < -0.4 is 21.1 Å². The molecule has 5 N–H and O–H groups in total. The first-order valence-corrected chi connectivity index (χ1v) is 15.1. The Kier molecular flexibility index (Phi) is 10.1. The molecular weight excluding hydrogens is 508 g/mol. The topological polar surface area (TPSA) is 165 Å². The van der Waals surface area contributed by atoms with Crippen LogP contribution >= 0.6 is 0 Å². The van der Waals surface area contributed by atoms with E-state index in [0.29, 0.717) is 19.3 Å². The Morgan fingerprint density at radius 2 is 1.71 bits per heavy atom. The minimum atomic E-state index is -4.25. The van der Waals surface area contributed by atoms with Crippen molar-refractivity contribution in [3.8, 4) is 0 Å². The largest absolute Gasteiger partial charge is 0.398 e. The van der Waals surface area contributed by atoms with Crippen molar-refractivity contribution in [3.05, 3.63) is 23.8 Å². The number of carbonyl (C=O) groups excluding carboxylic acids is 4. The van der Waals surface area contributed by atoms with Crippen molar-refractivity contribution in [1.29, 1.82) is 0 Å². The monoisotopic (exact) mass is 548 g/mol. The van der Waals surface area contributed by atoms with Crippen LogP contribution in [0.15, 0.2) is 23.1 Å². The van der Waals surface area contributed by atoms with E-state index in [-0.39, 0.29) is 47.2 Å². The van der Waals surface area contributed by atoms with E-state index in [1.165, 1.54) is 25.1 Å². The molecule has 10 nitrogen and oxygen atoms in total. The molecule has 0 saturated heterocycles. The zero-order chi connectivity index (χ0) is 27.9. The predicted octanol–water partition coefficient (Wildman–Crippen LogP) is 2.76. The molecule has 2 aliphatic rings. The van der Waals surface area contributed by atoms with Crippen LogP contribution in [0.3, 0.4) is 0 Å². The number of nitrogens with one attached hydrogen (secondary N) is 3. The van der Waals surface area contributed by atoms with Crippen molar-refractivity contribution in [2.24, 2.45) is 0 Å². The van der Waals surface area contributed by atoms with Gasteiger partial charge in [-0.25, -0.2) is 8.42 Å². The molecule has 3 rings (SSSR count). The molecule has 1 aromatic carbocycles. The number of carbonyl (C=O) groups is 4. The molecule has 2 amide bonds. The van der Waals surface area contributed by atoms with Gasteiger partial charge in [0.05, 0.1) is 11.7 Å². The maximum Gasteiger partial charge on any atom is 0.289 e. The Morgan fingerprint density at radius 1 is 1.05 bits per heavy atom. The van der Waals surface area contributed by atoms with E-state index < -0.39 is 39.2 Å². The summed E-state index contributed by atoms with van der Waals surface area (Å²) in [6, 6.07) is 2.84. The molecule has 0 radical (unpaired) electrons. The number of hydrogen-bond donors (Lipinski definition) is 4. The number of anilines is 1. The highest BCUT2D eigenvalue weighted by Crippen LogP contribution is 2.32. The van der Waals surface area contributed by atoms with Gasteiger partial charge in [-0.3, -0.25) is 19.2 Å². The number of ketones is 2. The zero-order valence-corrected chi connectivity index (χ0v) is 23.1. The van der Waals surface area contributed by atoms with Crippen LogP contribution in [-0.2, 0) is 24.4 Å². The van der Waals surface area contributed by atoms with Gasteiger partial charge in [0.1, 0.15) is 10.4 Å². The van der Waals surface area contributed by atoms with Crippen LogP contribution in [0.5, 0.6) is 0 Å². The Morgan fingerprint density at radius 3 is 2.29 bits per heavy atom. The Balaban J connectivity index is 1.83. The fourth-order valence-electron chi connectivity index (χ4n) is 5.31. The van der Waals surface area contributed by atoms with Crippen LogP contribution in [0.25, 0.3) is 0 Å². The molecule has 2 aliphatic carbocycles. The third-order valence-electron chi connectivity index (χ3n) is 7.56. The van der Waals surface area contributed by atoms with E-state index in [1.807, 2.05) is 6.92 Å². The summed E-state index contributed by atoms with van der Waals surface area (Å²) in [7, 11) is -4.25. The third-order valence-corrected chi connectivity index (χ3v) is 9.17. The number of amides is 2. The second kappa shape index (κ2) is 12.8. The summed E-state index contributed by atoms with van der Waals surface area (Å²) in [6.45, 7) is 3.30. The van der Waals surface area contributed by atoms with Gasteiger partial charge < -0.3 is 16.4 Å². The molecule has 0 aliphatic heterocycles. The highest BCUT2D eigenvalue weighted by molar-refractivity contribution is 7.89. The van der Waals surface area contributed by atoms with Crippen LogP contribution in [0, 0.1) is 0 Å². The molecule has 210 valence electrons. The number of hydrogen-bond acceptors (Lipinski definition) is 7. The van der Waals surface area contributed by atoms with Gasteiger partial charge in [-0.05, 0) is 57.2 Å². The second-order valence-corrected chi connectivity index (χ2v) is 12.2. The number of rotatable bonds is 12. The van der Waals surface area contributed by atoms with Gasteiger partial charge in [0.25, 0.3) is 5.91 Å². The van der Waals surface area contributed by atoms with E-state index in [9.17, 15) is 27.6 Å². The standard InChI is InChI=1S/C27H40N4O6S/c1-3-4-12-22(24(33)25(34)29-20-10-6-7-11-20)30-26(35)27(15-8-5-9-16-27)31-38(36,37)23-14-13-19(18(2)32)17-21(23)28/h13-14,17,20,22,31H,3-12,15-16,28H2,1-2H3,(H,29,34)(H,30,35)/t22-/m0/s1. The summed E-state index contributed by atoms with van der Waals surface area (Å²) in [5.41, 5.74) is 4.67. The minimum absolute atomic E-state index is 0.0367.